The van der Waals surface area contributed by atoms with E-state index in [1.54, 1.807) is 13.0 Å². The molecule has 9 nitrogen and oxygen atoms in total. The van der Waals surface area contributed by atoms with Gasteiger partial charge in [-0.2, -0.15) is 5.43 Å². The molecule has 0 amide bonds. The summed E-state index contributed by atoms with van der Waals surface area (Å²) in [4.78, 5) is 9.03. The Balaban J connectivity index is 2.15. The minimum Gasteiger partial charge on any atom is -0.370 e. The number of rotatable bonds is 13. The van der Waals surface area contributed by atoms with Crippen LogP contribution in [-0.2, 0) is 0 Å². The molecule has 0 aromatic carbocycles. The Morgan fingerprint density at radius 3 is 2.56 bits per heavy atom. The first kappa shape index (κ1) is 25.1. The molecule has 1 atom stereocenters. The molecule has 2 aromatic heterocycles. The number of aliphatic hydroxyl groups excluding tert-OH is 1. The highest BCUT2D eigenvalue weighted by Gasteiger charge is 2.17. The Kier molecular flexibility index (Phi) is 9.42. The molecule has 174 valence electrons. The standard InChI is InChI=1S/C23H36N8O/c1-7-9-25-19-12-17(11-15(5)27-19)28-23(32)31-30-20-13-18(14(3)4)21(16(6)24)22(29-20)26-10-8-2/h8,11-14,23-24,31-32H,2,7,9-10H2,1,3-6H3,(H2,25,27,28)(H2,26,29,30). The third-order valence-corrected chi connectivity index (χ3v) is 4.61. The van der Waals surface area contributed by atoms with Gasteiger partial charge in [0.25, 0.3) is 0 Å². The number of nitrogens with one attached hydrogen (secondary N) is 6. The zero-order valence-corrected chi connectivity index (χ0v) is 19.6. The number of hydrazine groups is 1. The van der Waals surface area contributed by atoms with Crippen molar-refractivity contribution in [1.29, 1.82) is 5.41 Å². The van der Waals surface area contributed by atoms with Crippen molar-refractivity contribution in [3.8, 4) is 0 Å². The quantitative estimate of drug-likeness (QED) is 0.108. The minimum atomic E-state index is -1.08. The molecule has 0 aliphatic rings. The molecule has 0 fully saturated rings. The van der Waals surface area contributed by atoms with Crippen LogP contribution in [-0.4, -0.2) is 40.2 Å². The van der Waals surface area contributed by atoms with Crippen molar-refractivity contribution < 1.29 is 5.11 Å². The molecule has 0 saturated carbocycles. The van der Waals surface area contributed by atoms with Crippen LogP contribution in [0.25, 0.3) is 0 Å². The summed E-state index contributed by atoms with van der Waals surface area (Å²) in [5.41, 5.74) is 9.57. The molecule has 0 aliphatic carbocycles. The first-order valence-corrected chi connectivity index (χ1v) is 10.9. The Labute approximate surface area is 190 Å². The second-order valence-corrected chi connectivity index (χ2v) is 7.90. The summed E-state index contributed by atoms with van der Waals surface area (Å²) in [6, 6.07) is 5.60. The first-order valence-electron chi connectivity index (χ1n) is 10.9. The molecule has 2 aromatic rings. The Bertz CT molecular complexity index is 928. The number of aromatic nitrogens is 2. The summed E-state index contributed by atoms with van der Waals surface area (Å²) < 4.78 is 0. The van der Waals surface area contributed by atoms with Crippen LogP contribution in [0.1, 0.15) is 56.9 Å². The van der Waals surface area contributed by atoms with E-state index >= 15 is 0 Å². The molecule has 2 rings (SSSR count). The highest BCUT2D eigenvalue weighted by molar-refractivity contribution is 6.02. The number of hydrogen-bond acceptors (Lipinski definition) is 9. The molecule has 0 spiro atoms. The van der Waals surface area contributed by atoms with Crippen molar-refractivity contribution in [2.75, 3.05) is 34.5 Å². The molecular weight excluding hydrogens is 404 g/mol. The Morgan fingerprint density at radius 2 is 1.94 bits per heavy atom. The van der Waals surface area contributed by atoms with Gasteiger partial charge in [-0.25, -0.2) is 9.97 Å². The second kappa shape index (κ2) is 12.0. The largest absolute Gasteiger partial charge is 0.370 e. The third-order valence-electron chi connectivity index (χ3n) is 4.61. The van der Waals surface area contributed by atoms with Gasteiger partial charge in [0.2, 0.25) is 0 Å². The lowest BCUT2D eigenvalue weighted by atomic mass is 9.95. The van der Waals surface area contributed by atoms with Crippen molar-refractivity contribution in [3.63, 3.8) is 0 Å². The van der Waals surface area contributed by atoms with E-state index in [0.29, 0.717) is 23.9 Å². The van der Waals surface area contributed by atoms with Crippen LogP contribution in [0.4, 0.5) is 23.1 Å². The predicted octanol–water partition coefficient (Wildman–Crippen LogP) is 4.02. The van der Waals surface area contributed by atoms with Crippen LogP contribution in [0, 0.1) is 12.3 Å². The van der Waals surface area contributed by atoms with Crippen LogP contribution < -0.4 is 26.8 Å². The van der Waals surface area contributed by atoms with Crippen LogP contribution >= 0.6 is 0 Å². The van der Waals surface area contributed by atoms with Crippen molar-refractivity contribution >= 4 is 28.9 Å². The predicted molar refractivity (Wildman–Crippen MR) is 134 cm³/mol. The van der Waals surface area contributed by atoms with E-state index in [4.69, 9.17) is 5.41 Å². The maximum atomic E-state index is 10.4. The van der Waals surface area contributed by atoms with E-state index in [9.17, 15) is 5.11 Å². The number of aliphatic hydroxyl groups is 1. The average Bonchev–Trinajstić information content (AvgIpc) is 2.73. The van der Waals surface area contributed by atoms with Gasteiger partial charge in [0.15, 0.2) is 6.35 Å². The zero-order chi connectivity index (χ0) is 23.7. The minimum absolute atomic E-state index is 0.190. The number of pyridine rings is 2. The Morgan fingerprint density at radius 1 is 1.19 bits per heavy atom. The lowest BCUT2D eigenvalue weighted by Crippen LogP contribution is -2.40. The van der Waals surface area contributed by atoms with E-state index in [-0.39, 0.29) is 5.92 Å². The second-order valence-electron chi connectivity index (χ2n) is 7.90. The van der Waals surface area contributed by atoms with E-state index in [2.05, 4.69) is 64.1 Å². The lowest BCUT2D eigenvalue weighted by Gasteiger charge is -2.21. The highest BCUT2D eigenvalue weighted by atomic mass is 16.3. The van der Waals surface area contributed by atoms with Crippen molar-refractivity contribution in [2.45, 2.75) is 53.3 Å². The fourth-order valence-corrected chi connectivity index (χ4v) is 3.21. The lowest BCUT2D eigenvalue weighted by molar-refractivity contribution is 0.175. The maximum absolute atomic E-state index is 10.4. The van der Waals surface area contributed by atoms with Crippen LogP contribution in [0.2, 0.25) is 0 Å². The van der Waals surface area contributed by atoms with Gasteiger partial charge >= 0.3 is 0 Å². The first-order chi connectivity index (χ1) is 15.2. The van der Waals surface area contributed by atoms with Gasteiger partial charge in [0, 0.05) is 41.8 Å². The number of hydrogen-bond donors (Lipinski definition) is 7. The molecule has 7 N–H and O–H groups in total. The van der Waals surface area contributed by atoms with Gasteiger partial charge in [0.1, 0.15) is 17.5 Å². The molecule has 0 aliphatic heterocycles. The zero-order valence-electron chi connectivity index (χ0n) is 19.6. The van der Waals surface area contributed by atoms with Crippen molar-refractivity contribution in [3.05, 3.63) is 47.7 Å². The molecule has 0 bridgehead atoms. The monoisotopic (exact) mass is 440 g/mol. The molecular formula is C23H36N8O. The number of anilines is 4. The molecule has 32 heavy (non-hydrogen) atoms. The molecule has 2 heterocycles. The fourth-order valence-electron chi connectivity index (χ4n) is 3.21. The van der Waals surface area contributed by atoms with E-state index in [1.807, 2.05) is 25.1 Å². The number of nitrogens with zero attached hydrogens (tertiary/aromatic N) is 2. The van der Waals surface area contributed by atoms with Gasteiger partial charge < -0.3 is 31.9 Å². The summed E-state index contributed by atoms with van der Waals surface area (Å²) in [7, 11) is 0. The van der Waals surface area contributed by atoms with Gasteiger partial charge in [-0.05, 0) is 43.9 Å². The van der Waals surface area contributed by atoms with Crippen LogP contribution in [0.15, 0.2) is 30.9 Å². The third kappa shape index (κ3) is 7.21. The van der Waals surface area contributed by atoms with Crippen LogP contribution in [0.3, 0.4) is 0 Å². The molecule has 0 saturated heterocycles. The van der Waals surface area contributed by atoms with Crippen molar-refractivity contribution in [2.24, 2.45) is 0 Å². The SMILES string of the molecule is C=CCNc1nc(NNC(O)Nc2cc(C)nc(NCCC)c2)cc(C(C)C)c1C(C)=N. The highest BCUT2D eigenvalue weighted by Crippen LogP contribution is 2.28. The number of aryl methyl sites for hydroxylation is 1. The van der Waals surface area contributed by atoms with Gasteiger partial charge in [0.05, 0.1) is 0 Å². The molecule has 0 radical (unpaired) electrons. The van der Waals surface area contributed by atoms with Crippen LogP contribution in [0.5, 0.6) is 0 Å². The van der Waals surface area contributed by atoms with E-state index in [0.717, 1.165) is 41.3 Å². The summed E-state index contributed by atoms with van der Waals surface area (Å²) in [6.45, 7) is 15.0. The maximum Gasteiger partial charge on any atom is 0.198 e. The summed E-state index contributed by atoms with van der Waals surface area (Å²) in [6.07, 6.45) is 1.66. The molecule has 1 unspecified atom stereocenters. The summed E-state index contributed by atoms with van der Waals surface area (Å²) in [5.74, 6) is 2.08. The van der Waals surface area contributed by atoms with Gasteiger partial charge in [-0.15, -0.1) is 6.58 Å². The summed E-state index contributed by atoms with van der Waals surface area (Å²) in [5, 5.41) is 28.1. The van der Waals surface area contributed by atoms with E-state index in [1.165, 1.54) is 0 Å². The van der Waals surface area contributed by atoms with Gasteiger partial charge in [-0.1, -0.05) is 26.8 Å². The summed E-state index contributed by atoms with van der Waals surface area (Å²) >= 11 is 0. The normalized spacial score (nSPS) is 11.7. The van der Waals surface area contributed by atoms with Crippen molar-refractivity contribution in [1.82, 2.24) is 15.4 Å². The molecule has 9 heteroatoms. The Hall–Kier alpha value is -3.17. The topological polar surface area (TPSA) is 130 Å². The average molecular weight is 441 g/mol. The smallest absolute Gasteiger partial charge is 0.198 e. The van der Waals surface area contributed by atoms with E-state index < -0.39 is 6.35 Å². The fraction of sp³-hybridized carbons (Fsp3) is 0.435. The van der Waals surface area contributed by atoms with Gasteiger partial charge in [-0.3, -0.25) is 0 Å².